The Morgan fingerprint density at radius 2 is 2.10 bits per heavy atom. The van der Waals surface area contributed by atoms with Gasteiger partial charge in [0.15, 0.2) is 0 Å². The number of carbonyl (C=O) groups is 1. The van der Waals surface area contributed by atoms with Gasteiger partial charge in [-0.3, -0.25) is 9.78 Å². The monoisotopic (exact) mass is 305 g/mol. The number of hydrogen-bond acceptors (Lipinski definition) is 4. The molecule has 1 aliphatic heterocycles. The van der Waals surface area contributed by atoms with Gasteiger partial charge in [-0.15, -0.1) is 0 Å². The molecule has 0 aliphatic carbocycles. The van der Waals surface area contributed by atoms with Crippen molar-refractivity contribution >= 4 is 32.5 Å². The lowest BCUT2D eigenvalue weighted by Gasteiger charge is -2.19. The number of amides is 1. The summed E-state index contributed by atoms with van der Waals surface area (Å²) in [6, 6.07) is 7.37. The average Bonchev–Trinajstić information content (AvgIpc) is 2.82. The predicted molar refractivity (Wildman–Crippen MR) is 80.3 cm³/mol. The topological polar surface area (TPSA) is 93.4 Å². The summed E-state index contributed by atoms with van der Waals surface area (Å²) < 4.78 is 22.9. The van der Waals surface area contributed by atoms with Gasteiger partial charge < -0.3 is 4.90 Å². The first-order chi connectivity index (χ1) is 9.88. The zero-order valence-electron chi connectivity index (χ0n) is 11.5. The molecule has 6 nitrogen and oxygen atoms in total. The van der Waals surface area contributed by atoms with Crippen LogP contribution < -0.4 is 10.0 Å². The second-order valence-corrected chi connectivity index (χ2v) is 7.07. The minimum Gasteiger partial charge on any atom is -0.310 e. The minimum absolute atomic E-state index is 0.0749. The van der Waals surface area contributed by atoms with Crippen molar-refractivity contribution in [3.05, 3.63) is 36.0 Å². The number of rotatable bonds is 2. The molecule has 110 valence electrons. The molecule has 1 fully saturated rings. The number of hydrogen-bond donors (Lipinski definition) is 1. The average molecular weight is 305 g/mol. The van der Waals surface area contributed by atoms with Crippen LogP contribution in [0.4, 0.5) is 5.69 Å². The van der Waals surface area contributed by atoms with Gasteiger partial charge in [-0.1, -0.05) is 6.07 Å². The molecule has 0 spiro atoms. The van der Waals surface area contributed by atoms with Crippen LogP contribution in [0.15, 0.2) is 30.5 Å². The number of anilines is 1. The van der Waals surface area contributed by atoms with Crippen LogP contribution in [0.25, 0.3) is 10.9 Å². The van der Waals surface area contributed by atoms with E-state index in [2.05, 4.69) is 4.98 Å². The van der Waals surface area contributed by atoms with E-state index >= 15 is 0 Å². The van der Waals surface area contributed by atoms with E-state index in [9.17, 15) is 13.2 Å². The molecule has 0 saturated carbocycles. The smallest absolute Gasteiger partial charge is 0.228 e. The fraction of sp³-hybridized carbons (Fsp3) is 0.286. The number of sulfonamides is 1. The van der Waals surface area contributed by atoms with Crippen LogP contribution >= 0.6 is 0 Å². The second-order valence-electron chi connectivity index (χ2n) is 5.22. The number of nitrogens with zero attached hydrogens (tertiary/aromatic N) is 2. The van der Waals surface area contributed by atoms with Crippen LogP contribution in [-0.4, -0.2) is 31.1 Å². The van der Waals surface area contributed by atoms with Gasteiger partial charge >= 0.3 is 0 Å². The number of aromatic nitrogens is 1. The predicted octanol–water partition coefficient (Wildman–Crippen LogP) is 0.937. The van der Waals surface area contributed by atoms with Crippen molar-refractivity contribution in [2.24, 2.45) is 5.14 Å². The highest BCUT2D eigenvalue weighted by molar-refractivity contribution is 7.89. The fourth-order valence-corrected chi connectivity index (χ4v) is 3.39. The molecule has 1 atom stereocenters. The Bertz CT molecular complexity index is 832. The van der Waals surface area contributed by atoms with E-state index in [0.717, 1.165) is 16.5 Å². The molecule has 1 amide bonds. The first kappa shape index (κ1) is 14.0. The van der Waals surface area contributed by atoms with Gasteiger partial charge in [0.05, 0.1) is 11.2 Å². The standard InChI is InChI=1S/C14H15N3O3S/c1-9-4-5-12(11-3-2-6-16-14(9)11)17-8-10(7-13(17)18)21(15,19)20/h2-6,10H,7-8H2,1H3,(H2,15,19,20). The number of nitrogens with two attached hydrogens (primary N) is 1. The van der Waals surface area contributed by atoms with E-state index in [-0.39, 0.29) is 18.9 Å². The number of carbonyl (C=O) groups excluding carboxylic acids is 1. The van der Waals surface area contributed by atoms with Gasteiger partial charge in [-0.05, 0) is 30.7 Å². The Kier molecular flexibility index (Phi) is 3.18. The van der Waals surface area contributed by atoms with Crippen molar-refractivity contribution in [3.8, 4) is 0 Å². The van der Waals surface area contributed by atoms with Crippen LogP contribution in [0.2, 0.25) is 0 Å². The third-order valence-corrected chi connectivity index (χ3v) is 5.04. The van der Waals surface area contributed by atoms with Gasteiger partial charge in [0, 0.05) is 24.5 Å². The van der Waals surface area contributed by atoms with Gasteiger partial charge in [0.25, 0.3) is 0 Å². The van der Waals surface area contributed by atoms with Crippen molar-refractivity contribution in [2.45, 2.75) is 18.6 Å². The Hall–Kier alpha value is -1.99. The molecule has 1 aliphatic rings. The van der Waals surface area contributed by atoms with Crippen LogP contribution in [0.5, 0.6) is 0 Å². The molecule has 1 saturated heterocycles. The van der Waals surface area contributed by atoms with Gasteiger partial charge in [-0.2, -0.15) is 0 Å². The molecular weight excluding hydrogens is 290 g/mol. The molecular formula is C14H15N3O3S. The summed E-state index contributed by atoms with van der Waals surface area (Å²) >= 11 is 0. The highest BCUT2D eigenvalue weighted by atomic mass is 32.2. The lowest BCUT2D eigenvalue weighted by atomic mass is 10.1. The third kappa shape index (κ3) is 2.38. The summed E-state index contributed by atoms with van der Waals surface area (Å²) in [6.45, 7) is 2.03. The Morgan fingerprint density at radius 3 is 2.76 bits per heavy atom. The van der Waals surface area contributed by atoms with Crippen LogP contribution in [0.3, 0.4) is 0 Å². The summed E-state index contributed by atoms with van der Waals surface area (Å²) in [4.78, 5) is 18.0. The zero-order chi connectivity index (χ0) is 15.2. The van der Waals surface area contributed by atoms with E-state index < -0.39 is 15.3 Å². The Morgan fingerprint density at radius 1 is 1.33 bits per heavy atom. The van der Waals surface area contributed by atoms with E-state index in [1.807, 2.05) is 25.1 Å². The molecule has 21 heavy (non-hydrogen) atoms. The molecule has 1 unspecified atom stereocenters. The van der Waals surface area contributed by atoms with E-state index in [1.165, 1.54) is 4.90 Å². The molecule has 1 aromatic heterocycles. The summed E-state index contributed by atoms with van der Waals surface area (Å²) in [7, 11) is -3.72. The number of primary sulfonamides is 1. The van der Waals surface area contributed by atoms with E-state index in [1.54, 1.807) is 12.3 Å². The molecule has 2 aromatic rings. The maximum absolute atomic E-state index is 12.1. The lowest BCUT2D eigenvalue weighted by Crippen LogP contribution is -2.32. The Balaban J connectivity index is 2.10. The molecule has 0 radical (unpaired) electrons. The van der Waals surface area contributed by atoms with E-state index in [4.69, 9.17) is 5.14 Å². The highest BCUT2D eigenvalue weighted by Gasteiger charge is 2.37. The fourth-order valence-electron chi connectivity index (χ4n) is 2.66. The maximum atomic E-state index is 12.1. The molecule has 7 heteroatoms. The summed E-state index contributed by atoms with van der Waals surface area (Å²) in [5, 5.41) is 5.15. The normalized spacial score (nSPS) is 19.4. The number of aryl methyl sites for hydroxylation is 1. The summed E-state index contributed by atoms with van der Waals surface area (Å²) in [5.74, 6) is -0.233. The van der Waals surface area contributed by atoms with Crippen molar-refractivity contribution in [3.63, 3.8) is 0 Å². The number of fused-ring (bicyclic) bond motifs is 1. The SMILES string of the molecule is Cc1ccc(N2CC(S(N)(=O)=O)CC2=O)c2cccnc12. The summed E-state index contributed by atoms with van der Waals surface area (Å²) in [6.07, 6.45) is 1.62. The van der Waals surface area contributed by atoms with E-state index in [0.29, 0.717) is 5.69 Å². The zero-order valence-corrected chi connectivity index (χ0v) is 12.3. The van der Waals surface area contributed by atoms with Crippen molar-refractivity contribution < 1.29 is 13.2 Å². The quantitative estimate of drug-likeness (QED) is 0.893. The van der Waals surface area contributed by atoms with Crippen LogP contribution in [0.1, 0.15) is 12.0 Å². The third-order valence-electron chi connectivity index (χ3n) is 3.79. The van der Waals surface area contributed by atoms with Crippen molar-refractivity contribution in [1.82, 2.24) is 4.98 Å². The highest BCUT2D eigenvalue weighted by Crippen LogP contribution is 2.31. The largest absolute Gasteiger partial charge is 0.310 e. The molecule has 0 bridgehead atoms. The lowest BCUT2D eigenvalue weighted by molar-refractivity contribution is -0.117. The van der Waals surface area contributed by atoms with Crippen molar-refractivity contribution in [1.29, 1.82) is 0 Å². The van der Waals surface area contributed by atoms with Gasteiger partial charge in [0.2, 0.25) is 15.9 Å². The first-order valence-corrected chi connectivity index (χ1v) is 8.15. The van der Waals surface area contributed by atoms with Gasteiger partial charge in [-0.25, -0.2) is 13.6 Å². The maximum Gasteiger partial charge on any atom is 0.228 e. The molecule has 1 aromatic carbocycles. The van der Waals surface area contributed by atoms with Crippen LogP contribution in [-0.2, 0) is 14.8 Å². The molecule has 3 rings (SSSR count). The van der Waals surface area contributed by atoms with Gasteiger partial charge in [0.1, 0.15) is 5.25 Å². The second kappa shape index (κ2) is 4.78. The molecule has 2 heterocycles. The van der Waals surface area contributed by atoms with Crippen molar-refractivity contribution in [2.75, 3.05) is 11.4 Å². The number of benzene rings is 1. The first-order valence-electron chi connectivity index (χ1n) is 6.54. The molecule has 2 N–H and O–H groups in total. The number of pyridine rings is 1. The van der Waals surface area contributed by atoms with Crippen LogP contribution in [0, 0.1) is 6.92 Å². The summed E-state index contributed by atoms with van der Waals surface area (Å²) in [5.41, 5.74) is 2.49. The minimum atomic E-state index is -3.72. The Labute approximate surface area is 122 Å².